The van der Waals surface area contributed by atoms with Gasteiger partial charge in [0.25, 0.3) is 0 Å². The molecule has 5 heteroatoms. The molecule has 2 aromatic rings. The fourth-order valence-electron chi connectivity index (χ4n) is 1.96. The number of sulfonamides is 1. The topological polar surface area (TPSA) is 59.1 Å². The molecule has 1 heterocycles. The smallest absolute Gasteiger partial charge is 0.215 e. The molecule has 0 spiro atoms. The first-order valence-electron chi connectivity index (χ1n) is 6.48. The van der Waals surface area contributed by atoms with Gasteiger partial charge in [-0.1, -0.05) is 30.3 Å². The van der Waals surface area contributed by atoms with Crippen molar-refractivity contribution >= 4 is 10.0 Å². The number of nitrogens with zero attached hydrogens (tertiary/aromatic N) is 1. The predicted octanol–water partition coefficient (Wildman–Crippen LogP) is 2.05. The lowest BCUT2D eigenvalue weighted by Crippen LogP contribution is -2.27. The zero-order valence-electron chi connectivity index (χ0n) is 11.4. The third kappa shape index (κ3) is 4.75. The Labute approximate surface area is 119 Å². The number of benzene rings is 1. The van der Waals surface area contributed by atoms with E-state index in [-0.39, 0.29) is 5.75 Å². The van der Waals surface area contributed by atoms with Crippen LogP contribution in [0.3, 0.4) is 0 Å². The van der Waals surface area contributed by atoms with Crippen LogP contribution in [0.5, 0.6) is 0 Å². The van der Waals surface area contributed by atoms with Crippen molar-refractivity contribution in [1.29, 1.82) is 0 Å². The summed E-state index contributed by atoms with van der Waals surface area (Å²) in [6.07, 6.45) is 2.40. The molecule has 0 amide bonds. The quantitative estimate of drug-likeness (QED) is 0.886. The molecule has 0 aliphatic rings. The second-order valence-electron chi connectivity index (χ2n) is 4.69. The first-order valence-corrected chi connectivity index (χ1v) is 8.13. The van der Waals surface area contributed by atoms with Crippen molar-refractivity contribution in [2.75, 3.05) is 6.54 Å². The van der Waals surface area contributed by atoms with E-state index < -0.39 is 10.0 Å². The lowest BCUT2D eigenvalue weighted by atomic mass is 10.2. The normalized spacial score (nSPS) is 11.4. The molecular formula is C15H18N2O2S. The minimum Gasteiger partial charge on any atom is -0.262 e. The second kappa shape index (κ2) is 6.63. The number of pyridine rings is 1. The summed E-state index contributed by atoms with van der Waals surface area (Å²) in [5.74, 6) is 0.0171. The monoisotopic (exact) mass is 290 g/mol. The van der Waals surface area contributed by atoms with Gasteiger partial charge in [0, 0.05) is 18.4 Å². The van der Waals surface area contributed by atoms with Gasteiger partial charge in [-0.25, -0.2) is 13.1 Å². The molecule has 0 aliphatic carbocycles. The molecule has 0 radical (unpaired) electrons. The second-order valence-corrected chi connectivity index (χ2v) is 6.50. The summed E-state index contributed by atoms with van der Waals surface area (Å²) in [6, 6.07) is 13.0. The molecule has 106 valence electrons. The van der Waals surface area contributed by atoms with E-state index in [0.29, 0.717) is 13.0 Å². The van der Waals surface area contributed by atoms with E-state index in [9.17, 15) is 8.42 Å². The molecular weight excluding hydrogens is 272 g/mol. The maximum atomic E-state index is 11.9. The van der Waals surface area contributed by atoms with Gasteiger partial charge in [-0.05, 0) is 36.6 Å². The molecule has 0 bridgehead atoms. The highest BCUT2D eigenvalue weighted by Crippen LogP contribution is 2.05. The largest absolute Gasteiger partial charge is 0.262 e. The fourth-order valence-corrected chi connectivity index (χ4v) is 3.10. The van der Waals surface area contributed by atoms with E-state index in [1.807, 2.05) is 49.4 Å². The van der Waals surface area contributed by atoms with Crippen LogP contribution in [0.15, 0.2) is 48.7 Å². The van der Waals surface area contributed by atoms with Crippen LogP contribution in [0, 0.1) is 6.92 Å². The van der Waals surface area contributed by atoms with Crippen LogP contribution in [0.4, 0.5) is 0 Å². The molecule has 4 nitrogen and oxygen atoms in total. The van der Waals surface area contributed by atoms with Crippen LogP contribution < -0.4 is 4.72 Å². The van der Waals surface area contributed by atoms with Crippen LogP contribution in [-0.4, -0.2) is 19.9 Å². The molecule has 20 heavy (non-hydrogen) atoms. The van der Waals surface area contributed by atoms with E-state index >= 15 is 0 Å². The van der Waals surface area contributed by atoms with Gasteiger partial charge in [-0.2, -0.15) is 0 Å². The van der Waals surface area contributed by atoms with E-state index in [2.05, 4.69) is 9.71 Å². The number of rotatable bonds is 6. The third-order valence-corrected chi connectivity index (χ3v) is 4.25. The van der Waals surface area contributed by atoms with Crippen molar-refractivity contribution in [3.8, 4) is 0 Å². The molecule has 0 fully saturated rings. The first-order chi connectivity index (χ1) is 9.55. The molecule has 1 aromatic carbocycles. The van der Waals surface area contributed by atoms with Crippen molar-refractivity contribution in [2.45, 2.75) is 19.1 Å². The van der Waals surface area contributed by atoms with Crippen molar-refractivity contribution in [1.82, 2.24) is 9.71 Å². The van der Waals surface area contributed by atoms with Gasteiger partial charge in [0.05, 0.1) is 5.75 Å². The van der Waals surface area contributed by atoms with Crippen molar-refractivity contribution in [3.05, 3.63) is 65.5 Å². The summed E-state index contributed by atoms with van der Waals surface area (Å²) in [6.45, 7) is 2.32. The summed E-state index contributed by atoms with van der Waals surface area (Å²) in [7, 11) is -3.28. The van der Waals surface area contributed by atoms with Gasteiger partial charge in [0.15, 0.2) is 0 Å². The Morgan fingerprint density at radius 3 is 2.55 bits per heavy atom. The SMILES string of the molecule is Cc1cc(CCNS(=O)(=O)Cc2ccccc2)ccn1. The minimum absolute atomic E-state index is 0.0171. The fraction of sp³-hybridized carbons (Fsp3) is 0.267. The van der Waals surface area contributed by atoms with Crippen LogP contribution >= 0.6 is 0 Å². The molecule has 1 aromatic heterocycles. The molecule has 0 saturated carbocycles. The third-order valence-electron chi connectivity index (χ3n) is 2.90. The van der Waals surface area contributed by atoms with Gasteiger partial charge in [0.2, 0.25) is 10.0 Å². The Hall–Kier alpha value is -1.72. The number of aryl methyl sites for hydroxylation is 1. The lowest BCUT2D eigenvalue weighted by Gasteiger charge is -2.07. The predicted molar refractivity (Wildman–Crippen MR) is 79.7 cm³/mol. The zero-order chi connectivity index (χ0) is 14.4. The maximum Gasteiger partial charge on any atom is 0.215 e. The van der Waals surface area contributed by atoms with Gasteiger partial charge < -0.3 is 0 Å². The van der Waals surface area contributed by atoms with Crippen LogP contribution in [0.1, 0.15) is 16.8 Å². The lowest BCUT2D eigenvalue weighted by molar-refractivity contribution is 0.581. The molecule has 0 saturated heterocycles. The first kappa shape index (κ1) is 14.7. The average Bonchev–Trinajstić information content (AvgIpc) is 2.39. The van der Waals surface area contributed by atoms with E-state index in [0.717, 1.165) is 16.8 Å². The number of hydrogen-bond donors (Lipinski definition) is 1. The number of aromatic nitrogens is 1. The van der Waals surface area contributed by atoms with Crippen molar-refractivity contribution in [2.24, 2.45) is 0 Å². The van der Waals surface area contributed by atoms with Gasteiger partial charge in [-0.3, -0.25) is 4.98 Å². The average molecular weight is 290 g/mol. The Kier molecular flexibility index (Phi) is 4.87. The molecule has 0 atom stereocenters. The van der Waals surface area contributed by atoms with Crippen LogP contribution in [-0.2, 0) is 22.2 Å². The number of nitrogens with one attached hydrogen (secondary N) is 1. The van der Waals surface area contributed by atoms with E-state index in [4.69, 9.17) is 0 Å². The minimum atomic E-state index is -3.28. The molecule has 0 aliphatic heterocycles. The highest BCUT2D eigenvalue weighted by Gasteiger charge is 2.10. The Balaban J connectivity index is 1.87. The number of hydrogen-bond acceptors (Lipinski definition) is 3. The summed E-state index contributed by atoms with van der Waals surface area (Å²) >= 11 is 0. The van der Waals surface area contributed by atoms with Gasteiger partial charge in [-0.15, -0.1) is 0 Å². The highest BCUT2D eigenvalue weighted by molar-refractivity contribution is 7.88. The van der Waals surface area contributed by atoms with Crippen molar-refractivity contribution in [3.63, 3.8) is 0 Å². The zero-order valence-corrected chi connectivity index (χ0v) is 12.2. The van der Waals surface area contributed by atoms with Crippen molar-refractivity contribution < 1.29 is 8.42 Å². The Bertz CT molecular complexity index is 655. The summed E-state index contributed by atoms with van der Waals surface area (Å²) in [4.78, 5) is 4.11. The summed E-state index contributed by atoms with van der Waals surface area (Å²) in [5, 5.41) is 0. The van der Waals surface area contributed by atoms with Crippen LogP contribution in [0.25, 0.3) is 0 Å². The molecule has 1 N–H and O–H groups in total. The van der Waals surface area contributed by atoms with Crippen LogP contribution in [0.2, 0.25) is 0 Å². The van der Waals surface area contributed by atoms with Gasteiger partial charge >= 0.3 is 0 Å². The summed E-state index contributed by atoms with van der Waals surface area (Å²) in [5.41, 5.74) is 2.81. The van der Waals surface area contributed by atoms with E-state index in [1.165, 1.54) is 0 Å². The van der Waals surface area contributed by atoms with E-state index in [1.54, 1.807) is 6.20 Å². The van der Waals surface area contributed by atoms with Gasteiger partial charge in [0.1, 0.15) is 0 Å². The highest BCUT2D eigenvalue weighted by atomic mass is 32.2. The molecule has 2 rings (SSSR count). The Morgan fingerprint density at radius 1 is 1.10 bits per heavy atom. The summed E-state index contributed by atoms with van der Waals surface area (Å²) < 4.78 is 26.5. The maximum absolute atomic E-state index is 11.9. The molecule has 0 unspecified atom stereocenters. The standard InChI is InChI=1S/C15H18N2O2S/c1-13-11-14(7-9-16-13)8-10-17-20(18,19)12-15-5-3-2-4-6-15/h2-7,9,11,17H,8,10,12H2,1H3. The Morgan fingerprint density at radius 2 is 1.85 bits per heavy atom.